The van der Waals surface area contributed by atoms with Gasteiger partial charge < -0.3 is 11.1 Å². The third-order valence-electron chi connectivity index (χ3n) is 4.22. The summed E-state index contributed by atoms with van der Waals surface area (Å²) in [4.78, 5) is 14.8. The number of carbonyl (C=O) groups is 1. The molecule has 0 heterocycles. The fourth-order valence-electron chi connectivity index (χ4n) is 1.91. The van der Waals surface area contributed by atoms with Crippen molar-refractivity contribution in [1.29, 1.82) is 0 Å². The monoisotopic (exact) mass is 307 g/mol. The van der Waals surface area contributed by atoms with Crippen LogP contribution in [0.3, 0.4) is 0 Å². The summed E-state index contributed by atoms with van der Waals surface area (Å²) >= 11 is 4.91. The second-order valence-electron chi connectivity index (χ2n) is 5.88. The van der Waals surface area contributed by atoms with Gasteiger partial charge in [0.25, 0.3) is 0 Å². The largest absolute Gasteiger partial charge is 0.389 e. The molecule has 0 saturated carbocycles. The van der Waals surface area contributed by atoms with Crippen LogP contribution in [0.1, 0.15) is 39.7 Å². The standard InChI is InChI=1S/C16H25N3OS/c1-6-16(3,4)19(5)11(2)15(20)18-13-9-7-12(8-10-13)14(17)21/h7-11H,6H2,1-5H3,(H2,17,21)(H,18,20). The zero-order valence-electron chi connectivity index (χ0n) is 13.4. The van der Waals surface area contributed by atoms with Gasteiger partial charge in [-0.15, -0.1) is 0 Å². The van der Waals surface area contributed by atoms with Crippen molar-refractivity contribution in [3.05, 3.63) is 29.8 Å². The highest BCUT2D eigenvalue weighted by atomic mass is 32.1. The van der Waals surface area contributed by atoms with Crippen molar-refractivity contribution in [3.8, 4) is 0 Å². The fourth-order valence-corrected chi connectivity index (χ4v) is 2.05. The summed E-state index contributed by atoms with van der Waals surface area (Å²) in [7, 11) is 1.98. The Labute approximate surface area is 132 Å². The zero-order valence-corrected chi connectivity index (χ0v) is 14.3. The van der Waals surface area contributed by atoms with Crippen LogP contribution in [0.2, 0.25) is 0 Å². The number of thiocarbonyl (C=S) groups is 1. The van der Waals surface area contributed by atoms with Crippen molar-refractivity contribution in [3.63, 3.8) is 0 Å². The number of rotatable bonds is 6. The number of benzene rings is 1. The third-order valence-corrected chi connectivity index (χ3v) is 4.45. The first-order chi connectivity index (χ1) is 9.69. The number of anilines is 1. The molecule has 0 aliphatic rings. The third kappa shape index (κ3) is 4.51. The number of carbonyl (C=O) groups excluding carboxylic acids is 1. The molecule has 1 atom stereocenters. The maximum Gasteiger partial charge on any atom is 0.241 e. The van der Waals surface area contributed by atoms with E-state index in [0.717, 1.165) is 17.7 Å². The summed E-state index contributed by atoms with van der Waals surface area (Å²) in [6.07, 6.45) is 0.976. The second-order valence-corrected chi connectivity index (χ2v) is 6.32. The molecular weight excluding hydrogens is 282 g/mol. The van der Waals surface area contributed by atoms with Gasteiger partial charge in [0, 0.05) is 16.8 Å². The predicted molar refractivity (Wildman–Crippen MR) is 92.6 cm³/mol. The van der Waals surface area contributed by atoms with Gasteiger partial charge in [-0.05, 0) is 58.5 Å². The highest BCUT2D eigenvalue weighted by Crippen LogP contribution is 2.20. The lowest BCUT2D eigenvalue weighted by molar-refractivity contribution is -0.122. The molecule has 21 heavy (non-hydrogen) atoms. The van der Waals surface area contributed by atoms with Gasteiger partial charge in [-0.25, -0.2) is 0 Å². The van der Waals surface area contributed by atoms with Crippen LogP contribution in [0.4, 0.5) is 5.69 Å². The van der Waals surface area contributed by atoms with Crippen LogP contribution in [0.15, 0.2) is 24.3 Å². The number of likely N-dealkylation sites (N-methyl/N-ethyl adjacent to an activating group) is 1. The van der Waals surface area contributed by atoms with E-state index in [1.807, 2.05) is 38.2 Å². The first-order valence-corrected chi connectivity index (χ1v) is 7.53. The van der Waals surface area contributed by atoms with Crippen LogP contribution in [-0.4, -0.2) is 34.4 Å². The lowest BCUT2D eigenvalue weighted by Crippen LogP contribution is -2.50. The Hall–Kier alpha value is -1.46. The molecular formula is C16H25N3OS. The number of amides is 1. The lowest BCUT2D eigenvalue weighted by atomic mass is 9.98. The molecule has 0 fully saturated rings. The van der Waals surface area contributed by atoms with Crippen molar-refractivity contribution in [1.82, 2.24) is 4.90 Å². The molecule has 0 saturated heterocycles. The number of nitrogens with zero attached hydrogens (tertiary/aromatic N) is 1. The Kier molecular flexibility index (Phi) is 5.87. The van der Waals surface area contributed by atoms with E-state index in [9.17, 15) is 4.79 Å². The molecule has 1 rings (SSSR count). The Morgan fingerprint density at radius 1 is 1.38 bits per heavy atom. The molecule has 0 aromatic heterocycles. The Balaban J connectivity index is 2.74. The SMILES string of the molecule is CCC(C)(C)N(C)C(C)C(=O)Nc1ccc(C(N)=S)cc1. The van der Waals surface area contributed by atoms with Crippen molar-refractivity contribution in [2.45, 2.75) is 45.7 Å². The van der Waals surface area contributed by atoms with Crippen LogP contribution in [-0.2, 0) is 4.79 Å². The van der Waals surface area contributed by atoms with Gasteiger partial charge in [0.1, 0.15) is 4.99 Å². The molecule has 0 aliphatic carbocycles. The Morgan fingerprint density at radius 3 is 2.33 bits per heavy atom. The van der Waals surface area contributed by atoms with E-state index in [-0.39, 0.29) is 17.5 Å². The summed E-state index contributed by atoms with van der Waals surface area (Å²) in [5.74, 6) is -0.0258. The van der Waals surface area contributed by atoms with E-state index in [4.69, 9.17) is 18.0 Å². The van der Waals surface area contributed by atoms with Gasteiger partial charge in [0.2, 0.25) is 5.91 Å². The molecule has 5 heteroatoms. The van der Waals surface area contributed by atoms with Gasteiger partial charge in [-0.3, -0.25) is 9.69 Å². The number of hydrogen-bond acceptors (Lipinski definition) is 3. The maximum atomic E-state index is 12.3. The normalized spacial score (nSPS) is 13.0. The van der Waals surface area contributed by atoms with Crippen molar-refractivity contribution < 1.29 is 4.79 Å². The average molecular weight is 307 g/mol. The molecule has 116 valence electrons. The summed E-state index contributed by atoms with van der Waals surface area (Å²) < 4.78 is 0. The predicted octanol–water partition coefficient (Wildman–Crippen LogP) is 2.77. The molecule has 1 aromatic carbocycles. The Morgan fingerprint density at radius 2 is 1.90 bits per heavy atom. The molecule has 1 unspecified atom stereocenters. The van der Waals surface area contributed by atoms with Crippen LogP contribution < -0.4 is 11.1 Å². The van der Waals surface area contributed by atoms with E-state index in [1.165, 1.54) is 0 Å². The quantitative estimate of drug-likeness (QED) is 0.794. The summed E-state index contributed by atoms with van der Waals surface area (Å²) in [5, 5.41) is 2.92. The van der Waals surface area contributed by atoms with Gasteiger partial charge in [0.15, 0.2) is 0 Å². The fraction of sp³-hybridized carbons (Fsp3) is 0.500. The second kappa shape index (κ2) is 7.00. The van der Waals surface area contributed by atoms with Gasteiger partial charge in [-0.2, -0.15) is 0 Å². The van der Waals surface area contributed by atoms with Crippen LogP contribution in [0.25, 0.3) is 0 Å². The number of hydrogen-bond donors (Lipinski definition) is 2. The highest BCUT2D eigenvalue weighted by molar-refractivity contribution is 7.80. The Bertz CT molecular complexity index is 511. The number of nitrogens with one attached hydrogen (secondary N) is 1. The first-order valence-electron chi connectivity index (χ1n) is 7.12. The van der Waals surface area contributed by atoms with Crippen LogP contribution >= 0.6 is 12.2 Å². The van der Waals surface area contributed by atoms with Crippen molar-refractivity contribution in [2.75, 3.05) is 12.4 Å². The average Bonchev–Trinajstić information content (AvgIpc) is 2.46. The molecule has 4 nitrogen and oxygen atoms in total. The minimum Gasteiger partial charge on any atom is -0.389 e. The smallest absolute Gasteiger partial charge is 0.241 e. The van der Waals surface area contributed by atoms with Crippen LogP contribution in [0.5, 0.6) is 0 Å². The van der Waals surface area contributed by atoms with E-state index in [0.29, 0.717) is 4.99 Å². The topological polar surface area (TPSA) is 58.4 Å². The van der Waals surface area contributed by atoms with Gasteiger partial charge in [0.05, 0.1) is 6.04 Å². The van der Waals surface area contributed by atoms with E-state index in [1.54, 1.807) is 0 Å². The summed E-state index contributed by atoms with van der Waals surface area (Å²) in [6, 6.07) is 7.02. The highest BCUT2D eigenvalue weighted by Gasteiger charge is 2.29. The molecule has 0 bridgehead atoms. The summed E-state index contributed by atoms with van der Waals surface area (Å²) in [6.45, 7) is 8.30. The molecule has 0 aliphatic heterocycles. The molecule has 1 aromatic rings. The van der Waals surface area contributed by atoms with Gasteiger partial charge in [-0.1, -0.05) is 19.1 Å². The van der Waals surface area contributed by atoms with Crippen molar-refractivity contribution in [2.24, 2.45) is 5.73 Å². The van der Waals surface area contributed by atoms with Crippen molar-refractivity contribution >= 4 is 28.8 Å². The molecule has 0 spiro atoms. The number of nitrogens with two attached hydrogens (primary N) is 1. The van der Waals surface area contributed by atoms with E-state index >= 15 is 0 Å². The zero-order chi connectivity index (χ0) is 16.2. The van der Waals surface area contributed by atoms with Gasteiger partial charge >= 0.3 is 0 Å². The first kappa shape index (κ1) is 17.6. The van der Waals surface area contributed by atoms with Crippen LogP contribution in [0, 0.1) is 0 Å². The maximum absolute atomic E-state index is 12.3. The molecule has 0 radical (unpaired) electrons. The minimum atomic E-state index is -0.213. The molecule has 1 amide bonds. The van der Waals surface area contributed by atoms with E-state index < -0.39 is 0 Å². The summed E-state index contributed by atoms with van der Waals surface area (Å²) in [5.41, 5.74) is 7.07. The van der Waals surface area contributed by atoms with E-state index in [2.05, 4.69) is 31.0 Å². The minimum absolute atomic E-state index is 0.0215. The molecule has 3 N–H and O–H groups in total. The lowest BCUT2D eigenvalue weighted by Gasteiger charge is -2.38.